The van der Waals surface area contributed by atoms with E-state index in [1.54, 1.807) is 17.0 Å². The number of likely N-dealkylation sites (tertiary alicyclic amines) is 1. The first kappa shape index (κ1) is 22.5. The number of anilines is 1. The van der Waals surface area contributed by atoms with Gasteiger partial charge in [0.05, 0.1) is 10.6 Å². The minimum absolute atomic E-state index is 0.00142. The molecule has 192 valence electrons. The number of piperidine rings is 1. The summed E-state index contributed by atoms with van der Waals surface area (Å²) in [5.41, 5.74) is 13.1. The molecule has 3 aliphatic rings. The predicted molar refractivity (Wildman–Crippen MR) is 151 cm³/mol. The summed E-state index contributed by atoms with van der Waals surface area (Å²) in [6.45, 7) is 2.69. The predicted octanol–water partition coefficient (Wildman–Crippen LogP) is 5.52. The molecule has 39 heavy (non-hydrogen) atoms. The fraction of sp³-hybridized carbons (Fsp3) is 0.194. The summed E-state index contributed by atoms with van der Waals surface area (Å²) in [5.74, 6) is 0.215. The lowest BCUT2D eigenvalue weighted by molar-refractivity contribution is 0.0806. The van der Waals surface area contributed by atoms with Crippen LogP contribution in [0.25, 0.3) is 21.8 Å². The van der Waals surface area contributed by atoms with Gasteiger partial charge in [-0.05, 0) is 83.8 Å². The van der Waals surface area contributed by atoms with Crippen LogP contribution in [0.15, 0.2) is 65.7 Å². The number of hydrogen-bond acceptors (Lipinski definition) is 5. The molecule has 0 radical (unpaired) electrons. The SMILES string of the molecule is Cc1csc2c1[C@]13C[C@H]1CN(C(=O)c1cc4cc(CC(=O)c5cc6cc(N)ccc6[nH]5)ccc4[nH]1)C3=CC2=O. The van der Waals surface area contributed by atoms with Crippen molar-refractivity contribution in [2.24, 2.45) is 5.92 Å². The second-order valence-corrected chi connectivity index (χ2v) is 11.9. The average molecular weight is 533 g/mol. The zero-order chi connectivity index (χ0) is 26.6. The lowest BCUT2D eigenvalue weighted by atomic mass is 9.84. The molecule has 7 nitrogen and oxygen atoms in total. The van der Waals surface area contributed by atoms with E-state index in [1.165, 1.54) is 11.3 Å². The average Bonchev–Trinajstić information content (AvgIpc) is 3.36. The molecule has 8 heteroatoms. The summed E-state index contributed by atoms with van der Waals surface area (Å²) in [5, 5.41) is 3.84. The van der Waals surface area contributed by atoms with Crippen molar-refractivity contribution in [3.8, 4) is 0 Å². The molecular formula is C31H24N4O3S. The van der Waals surface area contributed by atoms with Gasteiger partial charge in [-0.25, -0.2) is 0 Å². The first-order chi connectivity index (χ1) is 18.8. The van der Waals surface area contributed by atoms with Crippen molar-refractivity contribution < 1.29 is 14.4 Å². The number of hydrogen-bond donors (Lipinski definition) is 3. The van der Waals surface area contributed by atoms with Crippen LogP contribution < -0.4 is 5.73 Å². The molecule has 0 unspecified atom stereocenters. The van der Waals surface area contributed by atoms with Gasteiger partial charge >= 0.3 is 0 Å². The number of aromatic amines is 2. The highest BCUT2D eigenvalue weighted by Crippen LogP contribution is 2.68. The monoisotopic (exact) mass is 532 g/mol. The van der Waals surface area contributed by atoms with Crippen LogP contribution in [-0.4, -0.2) is 38.9 Å². The molecular weight excluding hydrogens is 508 g/mol. The van der Waals surface area contributed by atoms with E-state index in [0.29, 0.717) is 29.5 Å². The third kappa shape index (κ3) is 3.12. The summed E-state index contributed by atoms with van der Waals surface area (Å²) in [4.78, 5) is 48.7. The number of nitrogens with zero attached hydrogens (tertiary/aromatic N) is 1. The van der Waals surface area contributed by atoms with E-state index in [1.807, 2.05) is 42.5 Å². The van der Waals surface area contributed by atoms with Crippen molar-refractivity contribution in [1.29, 1.82) is 0 Å². The number of nitrogens with two attached hydrogens (primary N) is 1. The lowest BCUT2D eigenvalue weighted by Gasteiger charge is -2.28. The fourth-order valence-corrected chi connectivity index (χ4v) is 7.81. The standard InChI is InChI=1S/C31H24N4O3S/c1-15-14-39-29-26(37)11-27-31(28(15)29)12-19(31)13-35(27)30(38)24-10-17-6-16(2-4-21(17)34-24)7-25(36)23-9-18-8-20(32)3-5-22(18)33-23/h2-6,8-11,14,19,33-34H,7,12-13,32H2,1H3/t19-,31+/m0/s1. The number of carbonyl (C=O) groups is 3. The number of nitrogens with one attached hydrogen (secondary N) is 2. The molecule has 1 saturated carbocycles. The first-order valence-corrected chi connectivity index (χ1v) is 13.9. The zero-order valence-corrected chi connectivity index (χ0v) is 21.9. The van der Waals surface area contributed by atoms with Crippen LogP contribution >= 0.6 is 11.3 Å². The Morgan fingerprint density at radius 3 is 2.64 bits per heavy atom. The molecule has 0 bridgehead atoms. The Hall–Kier alpha value is -4.43. The third-order valence-electron chi connectivity index (χ3n) is 8.64. The summed E-state index contributed by atoms with van der Waals surface area (Å²) in [6.07, 6.45) is 2.92. The van der Waals surface area contributed by atoms with E-state index in [4.69, 9.17) is 5.73 Å². The van der Waals surface area contributed by atoms with Gasteiger partial charge in [0.25, 0.3) is 5.91 Å². The van der Waals surface area contributed by atoms with Gasteiger partial charge in [-0.2, -0.15) is 0 Å². The molecule has 1 amide bonds. The fourth-order valence-electron chi connectivity index (χ4n) is 6.76. The first-order valence-electron chi connectivity index (χ1n) is 13.0. The molecule has 1 spiro atoms. The molecule has 4 heterocycles. The number of rotatable bonds is 4. The molecule has 2 aliphatic carbocycles. The minimum Gasteiger partial charge on any atom is -0.399 e. The van der Waals surface area contributed by atoms with Crippen LogP contribution in [0.5, 0.6) is 0 Å². The van der Waals surface area contributed by atoms with E-state index in [-0.39, 0.29) is 29.3 Å². The van der Waals surface area contributed by atoms with Crippen molar-refractivity contribution in [1.82, 2.24) is 14.9 Å². The van der Waals surface area contributed by atoms with E-state index < -0.39 is 0 Å². The number of nitrogen functional groups attached to an aromatic ring is 1. The number of carbonyl (C=O) groups excluding carboxylic acids is 3. The number of amides is 1. The second kappa shape index (κ2) is 7.57. The Bertz CT molecular complexity index is 1960. The minimum atomic E-state index is -0.184. The Morgan fingerprint density at radius 1 is 1.05 bits per heavy atom. The number of ketones is 2. The van der Waals surface area contributed by atoms with E-state index in [9.17, 15) is 14.4 Å². The largest absolute Gasteiger partial charge is 0.399 e. The van der Waals surface area contributed by atoms with Crippen molar-refractivity contribution in [2.45, 2.75) is 25.2 Å². The van der Waals surface area contributed by atoms with Crippen LogP contribution in [0.1, 0.15) is 53.8 Å². The Balaban J connectivity index is 1.06. The maximum atomic E-state index is 13.7. The van der Waals surface area contributed by atoms with E-state index in [2.05, 4.69) is 22.3 Å². The summed E-state index contributed by atoms with van der Waals surface area (Å²) >= 11 is 1.51. The normalized spacial score (nSPS) is 21.2. The molecule has 3 aromatic heterocycles. The van der Waals surface area contributed by atoms with Crippen molar-refractivity contribution >= 4 is 56.3 Å². The molecule has 2 aromatic carbocycles. The smallest absolute Gasteiger partial charge is 0.274 e. The second-order valence-electron chi connectivity index (χ2n) is 11.0. The number of fused-ring (bicyclic) bond motifs is 3. The molecule has 4 N–H and O–H groups in total. The summed E-state index contributed by atoms with van der Waals surface area (Å²) in [6, 6.07) is 15.0. The van der Waals surface area contributed by atoms with E-state index in [0.717, 1.165) is 55.5 Å². The van der Waals surface area contributed by atoms with Crippen LogP contribution in [0.2, 0.25) is 0 Å². The lowest BCUT2D eigenvalue weighted by Crippen LogP contribution is -2.33. The number of aromatic nitrogens is 2. The Kier molecular flexibility index (Phi) is 4.38. The quantitative estimate of drug-likeness (QED) is 0.209. The maximum Gasteiger partial charge on any atom is 0.274 e. The highest BCUT2D eigenvalue weighted by Gasteiger charge is 2.68. The van der Waals surface area contributed by atoms with Crippen molar-refractivity contribution in [2.75, 3.05) is 12.3 Å². The number of thiophene rings is 1. The summed E-state index contributed by atoms with van der Waals surface area (Å²) < 4.78 is 0. The maximum absolute atomic E-state index is 13.7. The van der Waals surface area contributed by atoms with Gasteiger partial charge in [-0.1, -0.05) is 6.07 Å². The Morgan fingerprint density at radius 2 is 1.79 bits per heavy atom. The Labute approximate surface area is 227 Å². The number of H-pyrrole nitrogens is 2. The van der Waals surface area contributed by atoms with Crippen LogP contribution in [0, 0.1) is 12.8 Å². The van der Waals surface area contributed by atoms with Gasteiger partial charge < -0.3 is 20.6 Å². The molecule has 8 rings (SSSR count). The highest BCUT2D eigenvalue weighted by atomic mass is 32.1. The molecule has 2 atom stereocenters. The number of Topliss-reactive ketones (excluding diaryl/α,β-unsaturated/α-hetero) is 1. The molecule has 1 aliphatic heterocycles. The summed E-state index contributed by atoms with van der Waals surface area (Å²) in [7, 11) is 0. The number of benzene rings is 2. The van der Waals surface area contributed by atoms with Crippen LogP contribution in [0.4, 0.5) is 5.69 Å². The van der Waals surface area contributed by atoms with Gasteiger partial charge in [0.1, 0.15) is 5.69 Å². The molecule has 2 fully saturated rings. The van der Waals surface area contributed by atoms with Crippen molar-refractivity contribution in [3.63, 3.8) is 0 Å². The van der Waals surface area contributed by atoms with Crippen LogP contribution in [-0.2, 0) is 11.8 Å². The highest BCUT2D eigenvalue weighted by molar-refractivity contribution is 7.12. The topological polar surface area (TPSA) is 112 Å². The van der Waals surface area contributed by atoms with Crippen LogP contribution in [0.3, 0.4) is 0 Å². The molecule has 5 aromatic rings. The van der Waals surface area contributed by atoms with Gasteiger partial charge in [-0.15, -0.1) is 11.3 Å². The van der Waals surface area contributed by atoms with Gasteiger partial charge in [0.2, 0.25) is 0 Å². The number of allylic oxidation sites excluding steroid dienone is 2. The van der Waals surface area contributed by atoms with Gasteiger partial charge in [0, 0.05) is 57.6 Å². The zero-order valence-electron chi connectivity index (χ0n) is 21.1. The third-order valence-corrected chi connectivity index (χ3v) is 9.75. The van der Waals surface area contributed by atoms with Crippen molar-refractivity contribution in [3.05, 3.63) is 98.6 Å². The molecule has 1 saturated heterocycles. The number of aryl methyl sites for hydroxylation is 1. The van der Waals surface area contributed by atoms with Gasteiger partial charge in [0.15, 0.2) is 11.6 Å². The van der Waals surface area contributed by atoms with Gasteiger partial charge in [-0.3, -0.25) is 14.4 Å². The van der Waals surface area contributed by atoms with E-state index >= 15 is 0 Å².